The molecule has 6 atom stereocenters. The molecule has 3 aliphatic rings. The number of phenolic OH excluding ortho intramolecular Hbond substituents is 1. The van der Waals surface area contributed by atoms with Crippen LogP contribution in [-0.4, -0.2) is 90.0 Å². The zero-order chi connectivity index (χ0) is 31.5. The number of hydrogen-bond donors (Lipinski definition) is 5. The number of aliphatic hydroxyl groups is 1. The van der Waals surface area contributed by atoms with Gasteiger partial charge in [-0.3, -0.25) is 28.9 Å². The Morgan fingerprint density at radius 3 is 2.23 bits per heavy atom. The van der Waals surface area contributed by atoms with Gasteiger partial charge in [-0.15, -0.1) is 0 Å². The molecule has 0 heterocycles. The third-order valence-corrected chi connectivity index (χ3v) is 8.80. The number of carbonyl (C=O) groups is 6. The number of rotatable bonds is 5. The third-order valence-electron chi connectivity index (χ3n) is 8.80. The Morgan fingerprint density at radius 1 is 1.00 bits per heavy atom. The lowest BCUT2D eigenvalue weighted by molar-refractivity contribution is -0.181. The number of phenols is 1. The summed E-state index contributed by atoms with van der Waals surface area (Å²) in [6.45, 7) is 0. The molecule has 0 saturated heterocycles. The molecule has 0 bridgehead atoms. The van der Waals surface area contributed by atoms with Crippen LogP contribution in [0.4, 0.5) is 21.9 Å². The van der Waals surface area contributed by atoms with E-state index in [9.17, 15) is 39.0 Å². The Kier molecular flexibility index (Phi) is 7.35. The van der Waals surface area contributed by atoms with Gasteiger partial charge in [-0.1, -0.05) is 18.2 Å². The molecule has 226 valence electrons. The molecule has 43 heavy (non-hydrogen) atoms. The maximum atomic E-state index is 14.1. The number of fused-ring (bicyclic) bond motifs is 3. The van der Waals surface area contributed by atoms with Gasteiger partial charge in [0.25, 0.3) is 0 Å². The van der Waals surface area contributed by atoms with Gasteiger partial charge in [-0.05, 0) is 56.6 Å². The number of likely N-dealkylation sites (N-methyl/N-ethyl adjacent to an activating group) is 1. The topological polar surface area (TPSA) is 199 Å². The molecule has 2 aromatic carbocycles. The Labute approximate surface area is 247 Å². The fourth-order valence-electron chi connectivity index (χ4n) is 6.95. The summed E-state index contributed by atoms with van der Waals surface area (Å²) < 4.78 is 0. The zero-order valence-electron chi connectivity index (χ0n) is 24.1. The van der Waals surface area contributed by atoms with Gasteiger partial charge >= 0.3 is 6.03 Å². The maximum Gasteiger partial charge on any atom is 0.323 e. The van der Waals surface area contributed by atoms with Gasteiger partial charge in [-0.2, -0.15) is 0 Å². The summed E-state index contributed by atoms with van der Waals surface area (Å²) in [5.74, 6) is -11.5. The third kappa shape index (κ3) is 4.55. The van der Waals surface area contributed by atoms with Crippen LogP contribution in [0.25, 0.3) is 0 Å². The molecular formula is C30H33N5O8. The van der Waals surface area contributed by atoms with E-state index in [0.29, 0.717) is 16.9 Å². The maximum absolute atomic E-state index is 14.1. The second-order valence-corrected chi connectivity index (χ2v) is 11.8. The van der Waals surface area contributed by atoms with Crippen molar-refractivity contribution in [2.24, 2.45) is 29.4 Å². The number of urea groups is 1. The van der Waals surface area contributed by atoms with Crippen molar-refractivity contribution in [2.75, 3.05) is 43.7 Å². The fraction of sp³-hybridized carbons (Fsp3) is 0.400. The second kappa shape index (κ2) is 10.6. The number of primary amides is 1. The number of hydrogen-bond acceptors (Lipinski definition) is 10. The lowest BCUT2D eigenvalue weighted by Crippen LogP contribution is -2.74. The van der Waals surface area contributed by atoms with E-state index in [1.807, 2.05) is 0 Å². The minimum absolute atomic E-state index is 0.0585. The first-order valence-corrected chi connectivity index (χ1v) is 13.7. The quantitative estimate of drug-likeness (QED) is 0.242. The molecule has 3 amide bonds. The predicted molar refractivity (Wildman–Crippen MR) is 155 cm³/mol. The molecule has 6 N–H and O–H groups in total. The Balaban J connectivity index is 1.58. The van der Waals surface area contributed by atoms with Gasteiger partial charge in [0.2, 0.25) is 5.91 Å². The number of para-hydroxylation sites is 1. The summed E-state index contributed by atoms with van der Waals surface area (Å²) in [4.78, 5) is 82.9. The number of benzene rings is 2. The first-order chi connectivity index (χ1) is 20.2. The highest BCUT2D eigenvalue weighted by atomic mass is 16.3. The number of ketones is 4. The van der Waals surface area contributed by atoms with Crippen LogP contribution >= 0.6 is 0 Å². The number of nitrogens with two attached hydrogens (primary N) is 1. The first kappa shape index (κ1) is 29.9. The Hall–Kier alpha value is -4.62. The number of aromatic hydroxyl groups is 1. The summed E-state index contributed by atoms with van der Waals surface area (Å²) in [6, 6.07) is 8.20. The molecule has 0 radical (unpaired) electrons. The van der Waals surface area contributed by atoms with Gasteiger partial charge in [-0.25, -0.2) is 4.79 Å². The number of anilines is 3. The van der Waals surface area contributed by atoms with Crippen LogP contribution in [0.3, 0.4) is 0 Å². The van der Waals surface area contributed by atoms with Crippen molar-refractivity contribution in [3.8, 4) is 5.75 Å². The van der Waals surface area contributed by atoms with Crippen LogP contribution in [0.2, 0.25) is 0 Å². The van der Waals surface area contributed by atoms with Gasteiger partial charge in [0, 0.05) is 31.4 Å². The zero-order valence-corrected chi connectivity index (χ0v) is 24.1. The molecule has 13 nitrogen and oxygen atoms in total. The molecule has 2 fully saturated rings. The van der Waals surface area contributed by atoms with Gasteiger partial charge in [0.05, 0.1) is 23.2 Å². The van der Waals surface area contributed by atoms with Gasteiger partial charge in [0.15, 0.2) is 34.7 Å². The average molecular weight is 592 g/mol. The number of nitrogens with zero attached hydrogens (tertiary/aromatic N) is 2. The van der Waals surface area contributed by atoms with E-state index in [1.54, 1.807) is 49.3 Å². The number of amides is 3. The van der Waals surface area contributed by atoms with E-state index in [-0.39, 0.29) is 24.1 Å². The monoisotopic (exact) mass is 591 g/mol. The normalized spacial score (nSPS) is 28.1. The minimum Gasteiger partial charge on any atom is -0.505 e. The average Bonchev–Trinajstić information content (AvgIpc) is 2.92. The standard InChI is InChI=1S/C30H33N5O8/c1-34(2)18-12-17(33-29(42)32-14-8-6-5-7-9-14)23(36)20-15(18)10-13-11-16-22(35(3)4)25(38)21(28(31)41)27(40)30(16,43)26(39)19(13)24(20)37/h5-9,12-13,16,19,21-22,36,43H,10-11H2,1-4H3,(H2,31,41)(H2,32,33,42)/t13-,16-,19?,21?,22?,30-/m1/s1. The van der Waals surface area contributed by atoms with E-state index in [4.69, 9.17) is 5.73 Å². The molecule has 13 heteroatoms. The second-order valence-electron chi connectivity index (χ2n) is 11.8. The predicted octanol–water partition coefficient (Wildman–Crippen LogP) is 0.577. The fourth-order valence-corrected chi connectivity index (χ4v) is 6.95. The Bertz CT molecular complexity index is 1570. The smallest absolute Gasteiger partial charge is 0.323 e. The minimum atomic E-state index is -2.82. The summed E-state index contributed by atoms with van der Waals surface area (Å²) in [6.07, 6.45) is 0.0421. The molecule has 3 unspecified atom stereocenters. The summed E-state index contributed by atoms with van der Waals surface area (Å²) in [7, 11) is 6.48. The van der Waals surface area contributed by atoms with Crippen molar-refractivity contribution in [3.63, 3.8) is 0 Å². The van der Waals surface area contributed by atoms with Crippen LogP contribution in [0.1, 0.15) is 22.3 Å². The van der Waals surface area contributed by atoms with Crippen molar-refractivity contribution in [3.05, 3.63) is 47.5 Å². The number of carbonyl (C=O) groups excluding carboxylic acids is 6. The van der Waals surface area contributed by atoms with Crippen LogP contribution in [-0.2, 0) is 25.6 Å². The lowest BCUT2D eigenvalue weighted by Gasteiger charge is -2.52. The van der Waals surface area contributed by atoms with E-state index in [2.05, 4.69) is 10.6 Å². The Morgan fingerprint density at radius 2 is 1.65 bits per heavy atom. The lowest BCUT2D eigenvalue weighted by atomic mass is 9.52. The number of Topliss-reactive ketones (excluding diaryl/α,β-unsaturated/α-hetero) is 4. The largest absolute Gasteiger partial charge is 0.505 e. The van der Waals surface area contributed by atoms with Crippen LogP contribution in [0.15, 0.2) is 36.4 Å². The molecule has 0 aromatic heterocycles. The first-order valence-electron chi connectivity index (χ1n) is 13.7. The van der Waals surface area contributed by atoms with Crippen molar-refractivity contribution < 1.29 is 39.0 Å². The summed E-state index contributed by atoms with van der Waals surface area (Å²) in [5, 5.41) is 28.2. The highest BCUT2D eigenvalue weighted by Crippen LogP contribution is 2.52. The van der Waals surface area contributed by atoms with E-state index in [0.717, 1.165) is 0 Å². The van der Waals surface area contributed by atoms with E-state index in [1.165, 1.54) is 25.1 Å². The highest BCUT2D eigenvalue weighted by Gasteiger charge is 2.69. The van der Waals surface area contributed by atoms with Crippen molar-refractivity contribution in [2.45, 2.75) is 24.5 Å². The summed E-state index contributed by atoms with van der Waals surface area (Å²) >= 11 is 0. The molecule has 0 spiro atoms. The number of nitrogens with one attached hydrogen (secondary N) is 2. The van der Waals surface area contributed by atoms with Gasteiger partial charge in [0.1, 0.15) is 5.75 Å². The molecule has 5 rings (SSSR count). The highest BCUT2D eigenvalue weighted by molar-refractivity contribution is 6.32. The van der Waals surface area contributed by atoms with E-state index >= 15 is 0 Å². The van der Waals surface area contributed by atoms with Crippen LogP contribution in [0, 0.1) is 23.7 Å². The van der Waals surface area contributed by atoms with Crippen LogP contribution < -0.4 is 21.3 Å². The van der Waals surface area contributed by atoms with E-state index < -0.39 is 76.1 Å². The molecular weight excluding hydrogens is 558 g/mol. The summed E-state index contributed by atoms with van der Waals surface area (Å²) in [5.41, 5.74) is 3.64. The van der Waals surface area contributed by atoms with Crippen LogP contribution in [0.5, 0.6) is 5.75 Å². The van der Waals surface area contributed by atoms with Crippen molar-refractivity contribution in [1.29, 1.82) is 0 Å². The van der Waals surface area contributed by atoms with Crippen molar-refractivity contribution >= 4 is 52.1 Å². The molecule has 3 aliphatic carbocycles. The molecule has 0 aliphatic heterocycles. The SMILES string of the molecule is CN(C)c1cc(NC(=O)Nc2ccccc2)c(O)c2c1C[C@@H]1C[C@@H]3C(N(C)C)C(=O)C(C(N)=O)C(=O)[C@]3(O)C(=O)C1C2=O. The van der Waals surface area contributed by atoms with Gasteiger partial charge < -0.3 is 31.5 Å². The van der Waals surface area contributed by atoms with Crippen molar-refractivity contribution in [1.82, 2.24) is 4.90 Å². The molecule has 2 aromatic rings. The molecule has 2 saturated carbocycles.